The van der Waals surface area contributed by atoms with Crippen LogP contribution in [0, 0.1) is 0 Å². The van der Waals surface area contributed by atoms with Gasteiger partial charge in [0.1, 0.15) is 12.0 Å². The first kappa shape index (κ1) is 21.6. The Hall–Kier alpha value is -2.14. The number of thioether (sulfide) groups is 1. The van der Waals surface area contributed by atoms with Gasteiger partial charge < -0.3 is 14.4 Å². The van der Waals surface area contributed by atoms with E-state index >= 15 is 0 Å². The van der Waals surface area contributed by atoms with Gasteiger partial charge in [-0.2, -0.15) is 0 Å². The maximum Gasteiger partial charge on any atom is 0.223 e. The fraction of sp³-hybridized carbons (Fsp3) is 0.458. The second-order valence-corrected chi connectivity index (χ2v) is 8.49. The van der Waals surface area contributed by atoms with Crippen molar-refractivity contribution in [3.63, 3.8) is 0 Å². The largest absolute Gasteiger partial charge is 0.493 e. The van der Waals surface area contributed by atoms with E-state index < -0.39 is 0 Å². The van der Waals surface area contributed by atoms with Crippen molar-refractivity contribution in [2.75, 3.05) is 19.4 Å². The van der Waals surface area contributed by atoms with Gasteiger partial charge in [0.15, 0.2) is 11.5 Å². The number of carbonyl (C=O) groups excluding carboxylic acids is 1. The lowest BCUT2D eigenvalue weighted by molar-refractivity contribution is -0.131. The molecule has 5 heteroatoms. The van der Waals surface area contributed by atoms with E-state index in [4.69, 9.17) is 9.47 Å². The Bertz CT molecular complexity index is 781. The van der Waals surface area contributed by atoms with E-state index in [9.17, 15) is 4.79 Å². The van der Waals surface area contributed by atoms with Gasteiger partial charge in [-0.3, -0.25) is 4.79 Å². The second-order valence-electron chi connectivity index (χ2n) is 7.31. The van der Waals surface area contributed by atoms with Gasteiger partial charge in [0.05, 0.1) is 7.11 Å². The zero-order chi connectivity index (χ0) is 20.5. The molecule has 0 saturated carbocycles. The number of hydrogen-bond acceptors (Lipinski definition) is 4. The number of unbranched alkanes of at least 4 members (excludes halogenated alkanes) is 3. The molecule has 1 aliphatic rings. The SMILES string of the molecule is CCCCCCC(=O)N1CCSC1c1ccc(OC)c(OCc2ccccc2)c1. The van der Waals surface area contributed by atoms with E-state index in [0.29, 0.717) is 18.8 Å². The summed E-state index contributed by atoms with van der Waals surface area (Å²) in [5.41, 5.74) is 2.21. The molecule has 1 aliphatic heterocycles. The highest BCUT2D eigenvalue weighted by Crippen LogP contribution is 2.41. The molecule has 1 unspecified atom stereocenters. The Labute approximate surface area is 178 Å². The van der Waals surface area contributed by atoms with Crippen molar-refractivity contribution < 1.29 is 14.3 Å². The minimum atomic E-state index is 0.0543. The predicted molar refractivity (Wildman–Crippen MR) is 119 cm³/mol. The molecule has 1 amide bonds. The molecule has 156 valence electrons. The normalized spacial score (nSPS) is 16.1. The third-order valence-electron chi connectivity index (χ3n) is 5.17. The van der Waals surface area contributed by atoms with Crippen molar-refractivity contribution >= 4 is 17.7 Å². The highest BCUT2D eigenvalue weighted by molar-refractivity contribution is 7.99. The summed E-state index contributed by atoms with van der Waals surface area (Å²) in [6, 6.07) is 16.1. The average molecular weight is 414 g/mol. The van der Waals surface area contributed by atoms with Gasteiger partial charge in [-0.25, -0.2) is 0 Å². The Balaban J connectivity index is 1.69. The number of nitrogens with zero attached hydrogens (tertiary/aromatic N) is 1. The average Bonchev–Trinajstić information content (AvgIpc) is 3.26. The topological polar surface area (TPSA) is 38.8 Å². The Morgan fingerprint density at radius 3 is 2.69 bits per heavy atom. The summed E-state index contributed by atoms with van der Waals surface area (Å²) in [5, 5.41) is 0.0543. The van der Waals surface area contributed by atoms with Crippen LogP contribution in [0.25, 0.3) is 0 Å². The molecule has 29 heavy (non-hydrogen) atoms. The summed E-state index contributed by atoms with van der Waals surface area (Å²) in [6.45, 7) is 3.49. The van der Waals surface area contributed by atoms with Crippen molar-refractivity contribution in [1.29, 1.82) is 0 Å². The molecule has 0 bridgehead atoms. The molecule has 4 nitrogen and oxygen atoms in total. The Morgan fingerprint density at radius 2 is 1.93 bits per heavy atom. The first-order valence-electron chi connectivity index (χ1n) is 10.5. The number of methoxy groups -OCH3 is 1. The Kier molecular flexibility index (Phi) is 8.29. The molecule has 2 aromatic rings. The third-order valence-corrected chi connectivity index (χ3v) is 6.43. The van der Waals surface area contributed by atoms with Crippen LogP contribution in [0.5, 0.6) is 11.5 Å². The van der Waals surface area contributed by atoms with Crippen LogP contribution >= 0.6 is 11.8 Å². The van der Waals surface area contributed by atoms with Crippen LogP contribution in [0.4, 0.5) is 0 Å². The van der Waals surface area contributed by atoms with Gasteiger partial charge in [0, 0.05) is 18.7 Å². The highest BCUT2D eigenvalue weighted by atomic mass is 32.2. The molecule has 0 radical (unpaired) electrons. The molecule has 0 N–H and O–H groups in total. The van der Waals surface area contributed by atoms with Crippen molar-refractivity contribution in [2.45, 2.75) is 51.0 Å². The fourth-order valence-electron chi connectivity index (χ4n) is 3.54. The van der Waals surface area contributed by atoms with Gasteiger partial charge >= 0.3 is 0 Å². The van der Waals surface area contributed by atoms with Gasteiger partial charge in [0.25, 0.3) is 0 Å². The minimum absolute atomic E-state index is 0.0543. The molecule has 0 aromatic heterocycles. The number of carbonyl (C=O) groups is 1. The molecule has 1 atom stereocenters. The van der Waals surface area contributed by atoms with Crippen LogP contribution in [0.3, 0.4) is 0 Å². The van der Waals surface area contributed by atoms with Crippen LogP contribution in [-0.2, 0) is 11.4 Å². The van der Waals surface area contributed by atoms with Crippen molar-refractivity contribution in [1.82, 2.24) is 4.90 Å². The summed E-state index contributed by atoms with van der Waals surface area (Å²) in [5.74, 6) is 2.66. The Morgan fingerprint density at radius 1 is 1.10 bits per heavy atom. The molecule has 1 saturated heterocycles. The van der Waals surface area contributed by atoms with Crippen molar-refractivity contribution in [3.8, 4) is 11.5 Å². The molecule has 2 aromatic carbocycles. The maximum atomic E-state index is 12.8. The molecule has 3 rings (SSSR count). The third kappa shape index (κ3) is 5.92. The van der Waals surface area contributed by atoms with E-state index in [0.717, 1.165) is 42.0 Å². The van der Waals surface area contributed by atoms with Gasteiger partial charge in [-0.15, -0.1) is 11.8 Å². The van der Waals surface area contributed by atoms with Crippen LogP contribution in [0.2, 0.25) is 0 Å². The fourth-order valence-corrected chi connectivity index (χ4v) is 4.81. The van der Waals surface area contributed by atoms with Crippen molar-refractivity contribution in [2.24, 2.45) is 0 Å². The summed E-state index contributed by atoms with van der Waals surface area (Å²) in [7, 11) is 1.65. The molecular weight excluding hydrogens is 382 g/mol. The van der Waals surface area contributed by atoms with Crippen LogP contribution < -0.4 is 9.47 Å². The van der Waals surface area contributed by atoms with Gasteiger partial charge in [0.2, 0.25) is 5.91 Å². The summed E-state index contributed by atoms with van der Waals surface area (Å²) < 4.78 is 11.6. The first-order chi connectivity index (χ1) is 14.2. The van der Waals surface area contributed by atoms with Crippen molar-refractivity contribution in [3.05, 3.63) is 59.7 Å². The predicted octanol–water partition coefficient (Wildman–Crippen LogP) is 5.82. The highest BCUT2D eigenvalue weighted by Gasteiger charge is 2.30. The molecule has 1 fully saturated rings. The lowest BCUT2D eigenvalue weighted by Gasteiger charge is -2.25. The van der Waals surface area contributed by atoms with Gasteiger partial charge in [-0.05, 0) is 29.7 Å². The first-order valence-corrected chi connectivity index (χ1v) is 11.5. The molecule has 0 aliphatic carbocycles. The molecular formula is C24H31NO3S. The monoisotopic (exact) mass is 413 g/mol. The van der Waals surface area contributed by atoms with Gasteiger partial charge in [-0.1, -0.05) is 62.6 Å². The standard InChI is InChI=1S/C24H31NO3S/c1-3-4-5-9-12-23(26)25-15-16-29-24(25)20-13-14-21(27-2)22(17-20)28-18-19-10-7-6-8-11-19/h6-8,10-11,13-14,17,24H,3-5,9,12,15-16,18H2,1-2H3. The van der Waals surface area contributed by atoms with Crippen LogP contribution in [0.15, 0.2) is 48.5 Å². The summed E-state index contributed by atoms with van der Waals surface area (Å²) >= 11 is 1.82. The number of amides is 1. The zero-order valence-corrected chi connectivity index (χ0v) is 18.2. The van der Waals surface area contributed by atoms with Crippen LogP contribution in [0.1, 0.15) is 55.5 Å². The summed E-state index contributed by atoms with van der Waals surface area (Å²) in [4.78, 5) is 14.8. The lowest BCUT2D eigenvalue weighted by Crippen LogP contribution is -2.30. The second kappa shape index (κ2) is 11.1. The maximum absolute atomic E-state index is 12.8. The molecule has 0 spiro atoms. The quantitative estimate of drug-likeness (QED) is 0.460. The van der Waals surface area contributed by atoms with E-state index in [1.807, 2.05) is 59.1 Å². The van der Waals surface area contributed by atoms with Crippen LogP contribution in [-0.4, -0.2) is 30.2 Å². The number of rotatable bonds is 10. The number of hydrogen-bond donors (Lipinski definition) is 0. The zero-order valence-electron chi connectivity index (χ0n) is 17.4. The minimum Gasteiger partial charge on any atom is -0.493 e. The number of ether oxygens (including phenoxy) is 2. The number of benzene rings is 2. The van der Waals surface area contributed by atoms with E-state index in [1.165, 1.54) is 12.8 Å². The van der Waals surface area contributed by atoms with E-state index in [-0.39, 0.29) is 11.3 Å². The molecule has 1 heterocycles. The smallest absolute Gasteiger partial charge is 0.223 e. The van der Waals surface area contributed by atoms with E-state index in [2.05, 4.69) is 13.0 Å². The lowest BCUT2D eigenvalue weighted by atomic mass is 10.1. The van der Waals surface area contributed by atoms with E-state index in [1.54, 1.807) is 7.11 Å². The summed E-state index contributed by atoms with van der Waals surface area (Å²) in [6.07, 6.45) is 5.15.